The molecule has 104 valence electrons. The van der Waals surface area contributed by atoms with Crippen LogP contribution in [0.2, 0.25) is 0 Å². The van der Waals surface area contributed by atoms with E-state index in [2.05, 4.69) is 37.4 Å². The van der Waals surface area contributed by atoms with Crippen molar-refractivity contribution in [3.8, 4) is 11.1 Å². The number of halogens is 1. The molecular weight excluding hydrogens is 249 g/mol. The summed E-state index contributed by atoms with van der Waals surface area (Å²) in [6.07, 6.45) is 2.49. The molecule has 2 heteroatoms. The zero-order valence-corrected chi connectivity index (χ0v) is 12.0. The van der Waals surface area contributed by atoms with Crippen LogP contribution in [0.3, 0.4) is 0 Å². The number of aryl methyl sites for hydroxylation is 1. The van der Waals surface area contributed by atoms with Crippen LogP contribution >= 0.6 is 0 Å². The average molecular weight is 269 g/mol. The number of hydrogen-bond acceptors (Lipinski definition) is 1. The Labute approximate surface area is 119 Å². The molecule has 0 unspecified atom stereocenters. The molecule has 1 nitrogen and oxygen atoms in total. The summed E-state index contributed by atoms with van der Waals surface area (Å²) in [6, 6.07) is 12.1. The highest BCUT2D eigenvalue weighted by Gasteiger charge is 2.21. The highest BCUT2D eigenvalue weighted by molar-refractivity contribution is 5.71. The molecule has 0 saturated heterocycles. The quantitative estimate of drug-likeness (QED) is 0.869. The third-order valence-corrected chi connectivity index (χ3v) is 4.12. The number of hydrogen-bond donors (Lipinski definition) is 1. The Bertz CT molecular complexity index is 629. The van der Waals surface area contributed by atoms with E-state index in [1.165, 1.54) is 29.5 Å². The van der Waals surface area contributed by atoms with Crippen LogP contribution in [0.1, 0.15) is 29.5 Å². The molecule has 0 heterocycles. The molecule has 1 N–H and O–H groups in total. The van der Waals surface area contributed by atoms with Crippen molar-refractivity contribution in [1.82, 2.24) is 5.32 Å². The van der Waals surface area contributed by atoms with Gasteiger partial charge in [-0.15, -0.1) is 0 Å². The van der Waals surface area contributed by atoms with Gasteiger partial charge < -0.3 is 5.32 Å². The lowest BCUT2D eigenvalue weighted by Crippen LogP contribution is -2.16. The van der Waals surface area contributed by atoms with Crippen molar-refractivity contribution < 1.29 is 4.39 Å². The first kappa shape index (κ1) is 13.3. The molecule has 1 aliphatic carbocycles. The highest BCUT2D eigenvalue weighted by atomic mass is 19.1. The van der Waals surface area contributed by atoms with Gasteiger partial charge in [0.25, 0.3) is 0 Å². The first-order chi connectivity index (χ1) is 9.65. The molecule has 3 rings (SSSR count). The molecule has 0 aromatic heterocycles. The first-order valence-electron chi connectivity index (χ1n) is 7.23. The molecule has 1 fully saturated rings. The summed E-state index contributed by atoms with van der Waals surface area (Å²) in [5, 5.41) is 3.48. The van der Waals surface area contributed by atoms with Crippen LogP contribution in [0, 0.1) is 19.7 Å². The maximum absolute atomic E-state index is 13.6. The smallest absolute Gasteiger partial charge is 0.123 e. The van der Waals surface area contributed by atoms with Gasteiger partial charge in [-0.25, -0.2) is 4.39 Å². The van der Waals surface area contributed by atoms with Gasteiger partial charge in [0.05, 0.1) is 0 Å². The minimum atomic E-state index is -0.161. The predicted octanol–water partition coefficient (Wildman–Crippen LogP) is 4.36. The maximum atomic E-state index is 13.6. The number of benzene rings is 2. The highest BCUT2D eigenvalue weighted by Crippen LogP contribution is 2.30. The molecule has 1 aliphatic rings. The van der Waals surface area contributed by atoms with Crippen LogP contribution in [0.25, 0.3) is 11.1 Å². The average Bonchev–Trinajstić information content (AvgIpc) is 3.24. The molecule has 2 aromatic carbocycles. The van der Waals surface area contributed by atoms with Gasteiger partial charge in [0.15, 0.2) is 0 Å². The van der Waals surface area contributed by atoms with Crippen molar-refractivity contribution in [2.24, 2.45) is 0 Å². The largest absolute Gasteiger partial charge is 0.310 e. The Kier molecular flexibility index (Phi) is 3.58. The monoisotopic (exact) mass is 269 g/mol. The summed E-state index contributed by atoms with van der Waals surface area (Å²) < 4.78 is 13.6. The second-order valence-electron chi connectivity index (χ2n) is 5.70. The topological polar surface area (TPSA) is 12.0 Å². The lowest BCUT2D eigenvalue weighted by molar-refractivity contribution is 0.620. The van der Waals surface area contributed by atoms with Crippen molar-refractivity contribution >= 4 is 0 Å². The van der Waals surface area contributed by atoms with Crippen LogP contribution in [-0.4, -0.2) is 6.04 Å². The normalized spacial score (nSPS) is 14.6. The molecule has 0 atom stereocenters. The third-order valence-electron chi connectivity index (χ3n) is 4.12. The van der Waals surface area contributed by atoms with Crippen LogP contribution < -0.4 is 5.32 Å². The van der Waals surface area contributed by atoms with E-state index in [1.54, 1.807) is 12.1 Å². The van der Waals surface area contributed by atoms with Crippen molar-refractivity contribution in [3.63, 3.8) is 0 Å². The van der Waals surface area contributed by atoms with Crippen molar-refractivity contribution in [1.29, 1.82) is 0 Å². The zero-order chi connectivity index (χ0) is 14.1. The van der Waals surface area contributed by atoms with Gasteiger partial charge in [-0.1, -0.05) is 24.3 Å². The number of nitrogens with one attached hydrogen (secondary N) is 1. The lowest BCUT2D eigenvalue weighted by atomic mass is 9.93. The van der Waals surface area contributed by atoms with Gasteiger partial charge in [-0.05, 0) is 66.6 Å². The third kappa shape index (κ3) is 2.75. The SMILES string of the molecule is Cc1cccc(-c2ccc(F)cc2CNC2CC2)c1C. The summed E-state index contributed by atoms with van der Waals surface area (Å²) in [6.45, 7) is 4.99. The molecule has 2 aromatic rings. The minimum absolute atomic E-state index is 0.161. The van der Waals surface area contributed by atoms with Gasteiger partial charge in [0, 0.05) is 12.6 Å². The Hall–Kier alpha value is -1.67. The molecule has 0 radical (unpaired) electrons. The van der Waals surface area contributed by atoms with Crippen LogP contribution in [-0.2, 0) is 6.54 Å². The maximum Gasteiger partial charge on any atom is 0.123 e. The van der Waals surface area contributed by atoms with Crippen molar-refractivity contribution in [3.05, 3.63) is 58.9 Å². The van der Waals surface area contributed by atoms with Crippen molar-refractivity contribution in [2.45, 2.75) is 39.3 Å². The second-order valence-corrected chi connectivity index (χ2v) is 5.70. The van der Waals surface area contributed by atoms with E-state index in [-0.39, 0.29) is 5.82 Å². The van der Waals surface area contributed by atoms with E-state index in [9.17, 15) is 4.39 Å². The molecule has 1 saturated carbocycles. The van der Waals surface area contributed by atoms with Gasteiger partial charge in [-0.3, -0.25) is 0 Å². The second kappa shape index (κ2) is 5.37. The summed E-state index contributed by atoms with van der Waals surface area (Å²) in [5.74, 6) is -0.161. The Morgan fingerprint density at radius 3 is 2.65 bits per heavy atom. The van der Waals surface area contributed by atoms with Gasteiger partial charge in [-0.2, -0.15) is 0 Å². The predicted molar refractivity (Wildman–Crippen MR) is 81.2 cm³/mol. The van der Waals surface area contributed by atoms with E-state index in [4.69, 9.17) is 0 Å². The molecule has 0 amide bonds. The standard InChI is InChI=1S/C18H20FN/c1-12-4-3-5-17(13(12)2)18-9-6-15(19)10-14(18)11-20-16-7-8-16/h3-6,9-10,16,20H,7-8,11H2,1-2H3. The zero-order valence-electron chi connectivity index (χ0n) is 12.0. The summed E-state index contributed by atoms with van der Waals surface area (Å²) >= 11 is 0. The van der Waals surface area contributed by atoms with E-state index in [1.807, 2.05) is 6.07 Å². The van der Waals surface area contributed by atoms with E-state index in [0.717, 1.165) is 17.7 Å². The first-order valence-corrected chi connectivity index (χ1v) is 7.23. The van der Waals surface area contributed by atoms with E-state index < -0.39 is 0 Å². The van der Waals surface area contributed by atoms with E-state index >= 15 is 0 Å². The van der Waals surface area contributed by atoms with Gasteiger partial charge in [0.1, 0.15) is 5.82 Å². The van der Waals surface area contributed by atoms with Gasteiger partial charge >= 0.3 is 0 Å². The van der Waals surface area contributed by atoms with Crippen molar-refractivity contribution in [2.75, 3.05) is 0 Å². The molecule has 0 spiro atoms. The Balaban J connectivity index is 2.00. The fourth-order valence-corrected chi connectivity index (χ4v) is 2.56. The summed E-state index contributed by atoms with van der Waals surface area (Å²) in [4.78, 5) is 0. The van der Waals surface area contributed by atoms with Gasteiger partial charge in [0.2, 0.25) is 0 Å². The van der Waals surface area contributed by atoms with Crippen LogP contribution in [0.15, 0.2) is 36.4 Å². The molecular formula is C18H20FN. The van der Waals surface area contributed by atoms with Crippen LogP contribution in [0.5, 0.6) is 0 Å². The fraction of sp³-hybridized carbons (Fsp3) is 0.333. The minimum Gasteiger partial charge on any atom is -0.310 e. The molecule has 20 heavy (non-hydrogen) atoms. The van der Waals surface area contributed by atoms with Crippen LogP contribution in [0.4, 0.5) is 4.39 Å². The summed E-state index contributed by atoms with van der Waals surface area (Å²) in [5.41, 5.74) is 5.93. The Morgan fingerprint density at radius 2 is 1.90 bits per heavy atom. The lowest BCUT2D eigenvalue weighted by Gasteiger charge is -2.14. The number of rotatable bonds is 4. The fourth-order valence-electron chi connectivity index (χ4n) is 2.56. The summed E-state index contributed by atoms with van der Waals surface area (Å²) in [7, 11) is 0. The van der Waals surface area contributed by atoms with E-state index in [0.29, 0.717) is 6.04 Å². The Morgan fingerprint density at radius 1 is 1.10 bits per heavy atom. The molecule has 0 bridgehead atoms. The molecule has 0 aliphatic heterocycles.